The summed E-state index contributed by atoms with van der Waals surface area (Å²) in [7, 11) is -4.56. The Morgan fingerprint density at radius 2 is 2.00 bits per heavy atom. The first kappa shape index (κ1) is 13.2. The molecule has 0 fully saturated rings. The third-order valence-corrected chi connectivity index (χ3v) is 2.67. The van der Waals surface area contributed by atoms with Crippen molar-refractivity contribution in [3.63, 3.8) is 0 Å². The number of aromatic nitrogens is 1. The van der Waals surface area contributed by atoms with Crippen molar-refractivity contribution in [2.45, 2.75) is 11.3 Å². The summed E-state index contributed by atoms with van der Waals surface area (Å²) >= 11 is 0. The van der Waals surface area contributed by atoms with E-state index in [0.717, 1.165) is 0 Å². The molecule has 0 saturated carbocycles. The lowest BCUT2D eigenvalue weighted by molar-refractivity contribution is -0.391. The fraction of sp³-hybridized carbons (Fsp3) is 0.167. The summed E-state index contributed by atoms with van der Waals surface area (Å²) in [6.07, 6.45) is -3.42. The van der Waals surface area contributed by atoms with Crippen molar-refractivity contribution >= 4 is 21.7 Å². The molecule has 0 radical (unpaired) electrons. The topological polar surface area (TPSA) is 142 Å². The average Bonchev–Trinajstić information content (AvgIpc) is 2.14. The second-order valence-electron chi connectivity index (χ2n) is 2.89. The van der Waals surface area contributed by atoms with E-state index in [4.69, 9.17) is 5.73 Å². The third-order valence-electron chi connectivity index (χ3n) is 1.72. The molecule has 0 aromatic carbocycles. The van der Waals surface area contributed by atoms with E-state index in [1.165, 1.54) is 0 Å². The number of sulfonamides is 1. The molecule has 0 spiro atoms. The number of pyridine rings is 1. The van der Waals surface area contributed by atoms with Gasteiger partial charge in [0.05, 0.1) is 0 Å². The monoisotopic (exact) mass is 268 g/mol. The maximum atomic E-state index is 12.6. The fourth-order valence-electron chi connectivity index (χ4n) is 1.12. The first-order valence-electron chi connectivity index (χ1n) is 3.90. The van der Waals surface area contributed by atoms with Crippen molar-refractivity contribution in [2.75, 3.05) is 5.73 Å². The third kappa shape index (κ3) is 2.62. The zero-order valence-electron chi connectivity index (χ0n) is 8.00. The van der Waals surface area contributed by atoms with Gasteiger partial charge in [-0.15, -0.1) is 0 Å². The Morgan fingerprint density at radius 3 is 2.35 bits per heavy atom. The number of nitro groups is 1. The van der Waals surface area contributed by atoms with Gasteiger partial charge in [-0.1, -0.05) is 0 Å². The van der Waals surface area contributed by atoms with Gasteiger partial charge in [0.25, 0.3) is 6.43 Å². The van der Waals surface area contributed by atoms with Gasteiger partial charge < -0.3 is 15.8 Å². The Kier molecular flexibility index (Phi) is 3.24. The minimum atomic E-state index is -4.56. The van der Waals surface area contributed by atoms with Crippen LogP contribution in [0, 0.1) is 10.1 Å². The summed E-state index contributed by atoms with van der Waals surface area (Å²) < 4.78 is 47.3. The Bertz CT molecular complexity index is 574. The second-order valence-corrected chi connectivity index (χ2v) is 4.42. The number of rotatable bonds is 3. The number of hydrogen-bond acceptors (Lipinski definition) is 6. The van der Waals surface area contributed by atoms with E-state index < -0.39 is 43.5 Å². The zero-order valence-corrected chi connectivity index (χ0v) is 8.82. The number of nitrogens with two attached hydrogens (primary N) is 2. The van der Waals surface area contributed by atoms with Crippen LogP contribution in [0.4, 0.5) is 20.4 Å². The standard InChI is InChI=1S/C6H6F2N4O4S/c7-5(8)4-2(17(10,15)16)1-3(9)11-6(4)12(13)14/h1,5H,(H2,9,11)(H2,10,15,16). The maximum absolute atomic E-state index is 12.6. The minimum absolute atomic E-state index is 0.545. The van der Waals surface area contributed by atoms with Crippen LogP contribution >= 0.6 is 0 Å². The van der Waals surface area contributed by atoms with Crippen molar-refractivity contribution in [3.8, 4) is 0 Å². The molecule has 1 rings (SSSR count). The van der Waals surface area contributed by atoms with E-state index in [1.807, 2.05) is 0 Å². The predicted molar refractivity (Wildman–Crippen MR) is 51.6 cm³/mol. The van der Waals surface area contributed by atoms with Crippen LogP contribution in [0.25, 0.3) is 0 Å². The number of halogens is 2. The second kappa shape index (κ2) is 4.18. The largest absolute Gasteiger partial charge is 0.376 e. The number of alkyl halides is 2. The van der Waals surface area contributed by atoms with Crippen molar-refractivity contribution in [2.24, 2.45) is 5.14 Å². The number of primary sulfonamides is 1. The van der Waals surface area contributed by atoms with Crippen LogP contribution in [0.3, 0.4) is 0 Å². The van der Waals surface area contributed by atoms with E-state index in [0.29, 0.717) is 6.07 Å². The Balaban J connectivity index is 3.77. The minimum Gasteiger partial charge on any atom is -0.363 e. The molecule has 4 N–H and O–H groups in total. The number of nitrogens with zero attached hydrogens (tertiary/aromatic N) is 2. The van der Waals surface area contributed by atoms with Crippen molar-refractivity contribution < 1.29 is 22.1 Å². The van der Waals surface area contributed by atoms with Gasteiger partial charge in [0.1, 0.15) is 10.5 Å². The SMILES string of the molecule is Nc1cc(S(N)(=O)=O)c(C(F)F)c([N+](=O)[O-])n1. The van der Waals surface area contributed by atoms with Gasteiger partial charge in [0.2, 0.25) is 15.8 Å². The van der Waals surface area contributed by atoms with Gasteiger partial charge in [-0.25, -0.2) is 22.3 Å². The van der Waals surface area contributed by atoms with E-state index in [-0.39, 0.29) is 0 Å². The highest BCUT2D eigenvalue weighted by atomic mass is 32.2. The summed E-state index contributed by atoms with van der Waals surface area (Å²) in [4.78, 5) is 11.2. The van der Waals surface area contributed by atoms with Gasteiger partial charge >= 0.3 is 5.82 Å². The van der Waals surface area contributed by atoms with E-state index in [1.54, 1.807) is 0 Å². The molecule has 1 aromatic heterocycles. The molecule has 0 atom stereocenters. The van der Waals surface area contributed by atoms with E-state index >= 15 is 0 Å². The van der Waals surface area contributed by atoms with E-state index in [2.05, 4.69) is 10.1 Å². The lowest BCUT2D eigenvalue weighted by Crippen LogP contribution is -2.17. The lowest BCUT2D eigenvalue weighted by Gasteiger charge is -2.07. The molecule has 11 heteroatoms. The molecular formula is C6H6F2N4O4S. The van der Waals surface area contributed by atoms with Crippen LogP contribution in [0.15, 0.2) is 11.0 Å². The lowest BCUT2D eigenvalue weighted by atomic mass is 10.2. The molecule has 8 nitrogen and oxygen atoms in total. The molecule has 94 valence electrons. The van der Waals surface area contributed by atoms with Crippen molar-refractivity contribution in [1.82, 2.24) is 4.98 Å². The molecule has 0 unspecified atom stereocenters. The predicted octanol–water partition coefficient (Wildman–Crippen LogP) is 0.157. The summed E-state index contributed by atoms with van der Waals surface area (Å²) in [5.41, 5.74) is 3.71. The summed E-state index contributed by atoms with van der Waals surface area (Å²) in [6, 6.07) is 0.545. The van der Waals surface area contributed by atoms with Gasteiger partial charge in [-0.2, -0.15) is 0 Å². The fourth-order valence-corrected chi connectivity index (χ4v) is 1.89. The number of anilines is 1. The summed E-state index contributed by atoms with van der Waals surface area (Å²) in [5, 5.41) is 15.1. The molecule has 17 heavy (non-hydrogen) atoms. The van der Waals surface area contributed by atoms with Gasteiger partial charge in [0, 0.05) is 6.07 Å². The summed E-state index contributed by atoms with van der Waals surface area (Å²) in [5.74, 6) is -1.92. The Hall–Kier alpha value is -1.88. The summed E-state index contributed by atoms with van der Waals surface area (Å²) in [6.45, 7) is 0. The quantitative estimate of drug-likeness (QED) is 0.590. The molecule has 0 amide bonds. The Morgan fingerprint density at radius 1 is 1.47 bits per heavy atom. The normalized spacial score (nSPS) is 11.8. The zero-order chi connectivity index (χ0) is 13.4. The van der Waals surface area contributed by atoms with E-state index in [9.17, 15) is 27.3 Å². The molecule has 1 heterocycles. The highest BCUT2D eigenvalue weighted by molar-refractivity contribution is 7.89. The molecule has 1 aromatic rings. The van der Waals surface area contributed by atoms with Crippen molar-refractivity contribution in [1.29, 1.82) is 0 Å². The number of nitrogen functional groups attached to an aromatic ring is 1. The molecule has 0 aliphatic carbocycles. The molecule has 0 bridgehead atoms. The van der Waals surface area contributed by atoms with Crippen LogP contribution in [-0.4, -0.2) is 18.3 Å². The molecular weight excluding hydrogens is 262 g/mol. The molecule has 0 aliphatic rings. The van der Waals surface area contributed by atoms with Gasteiger partial charge in [0.15, 0.2) is 0 Å². The van der Waals surface area contributed by atoms with Crippen molar-refractivity contribution in [3.05, 3.63) is 21.7 Å². The van der Waals surface area contributed by atoms with Crippen LogP contribution < -0.4 is 10.9 Å². The molecule has 0 aliphatic heterocycles. The maximum Gasteiger partial charge on any atom is 0.376 e. The molecule has 0 saturated heterocycles. The van der Waals surface area contributed by atoms with Crippen LogP contribution in [0.5, 0.6) is 0 Å². The number of hydrogen-bond donors (Lipinski definition) is 2. The van der Waals surface area contributed by atoms with Crippen LogP contribution in [-0.2, 0) is 10.0 Å². The first-order valence-corrected chi connectivity index (χ1v) is 5.45. The highest BCUT2D eigenvalue weighted by Crippen LogP contribution is 2.33. The Labute approximate surface area is 93.4 Å². The van der Waals surface area contributed by atoms with Gasteiger partial charge in [-0.3, -0.25) is 0 Å². The van der Waals surface area contributed by atoms with Crippen LogP contribution in [0.1, 0.15) is 12.0 Å². The smallest absolute Gasteiger partial charge is 0.363 e. The first-order chi connectivity index (χ1) is 7.64. The highest BCUT2D eigenvalue weighted by Gasteiger charge is 2.32. The van der Waals surface area contributed by atoms with Gasteiger partial charge in [-0.05, 0) is 9.91 Å². The van der Waals surface area contributed by atoms with Crippen LogP contribution in [0.2, 0.25) is 0 Å². The average molecular weight is 268 g/mol.